The van der Waals surface area contributed by atoms with Crippen LogP contribution in [0.25, 0.3) is 0 Å². The van der Waals surface area contributed by atoms with Gasteiger partial charge in [0.2, 0.25) is 17.7 Å². The number of nitrogens with zero attached hydrogens (tertiary/aromatic N) is 1. The number of hydrogen-bond acceptors (Lipinski definition) is 7. The third-order valence-corrected chi connectivity index (χ3v) is 6.89. The molecule has 0 radical (unpaired) electrons. The van der Waals surface area contributed by atoms with E-state index in [1.165, 1.54) is 14.0 Å². The Morgan fingerprint density at radius 2 is 1.85 bits per heavy atom. The van der Waals surface area contributed by atoms with E-state index in [-0.39, 0.29) is 55.8 Å². The first kappa shape index (κ1) is 28.7. The topological polar surface area (TPSA) is 135 Å². The Kier molecular flexibility index (Phi) is 9.82. The summed E-state index contributed by atoms with van der Waals surface area (Å²) in [7, 11) is 1.52. The minimum absolute atomic E-state index is 0.0630. The van der Waals surface area contributed by atoms with Gasteiger partial charge in [0.15, 0.2) is 18.1 Å². The van der Waals surface area contributed by atoms with E-state index in [0.717, 1.165) is 11.1 Å². The van der Waals surface area contributed by atoms with Crippen LogP contribution in [-0.4, -0.2) is 74.0 Å². The number of ether oxygens (including phenoxy) is 3. The molecule has 2 atom stereocenters. The largest absolute Gasteiger partial charge is 0.493 e. The molecule has 1 fully saturated rings. The van der Waals surface area contributed by atoms with E-state index >= 15 is 0 Å². The van der Waals surface area contributed by atoms with Crippen molar-refractivity contribution in [3.8, 4) is 17.2 Å². The van der Waals surface area contributed by atoms with Crippen molar-refractivity contribution >= 4 is 23.6 Å². The number of rotatable bonds is 4. The van der Waals surface area contributed by atoms with Gasteiger partial charge in [0.05, 0.1) is 13.2 Å². The highest BCUT2D eigenvalue weighted by atomic mass is 16.5. The molecule has 2 aromatic rings. The molecule has 1 saturated heterocycles. The fraction of sp³-hybridized carbons (Fsp3) is 0.448. The van der Waals surface area contributed by atoms with Gasteiger partial charge in [0, 0.05) is 52.4 Å². The number of piperidine rings is 1. The number of aryl methyl sites for hydroxylation is 1. The lowest BCUT2D eigenvalue weighted by Crippen LogP contribution is -2.58. The number of nitrogens with one attached hydrogen (secondary N) is 3. The second kappa shape index (κ2) is 13.7. The number of likely N-dealkylation sites (tertiary alicyclic amines) is 1. The molecule has 3 N–H and O–H groups in total. The summed E-state index contributed by atoms with van der Waals surface area (Å²) in [5.74, 6) is 0.771. The molecule has 5 aliphatic rings. The van der Waals surface area contributed by atoms with E-state index in [2.05, 4.69) is 16.0 Å². The molecule has 214 valence electrons. The molecule has 4 amide bonds. The average molecular weight is 553 g/mol. The van der Waals surface area contributed by atoms with E-state index in [1.54, 1.807) is 17.0 Å². The molecular formula is C29H36N4O7. The van der Waals surface area contributed by atoms with Crippen molar-refractivity contribution in [3.63, 3.8) is 0 Å². The second-order valence-corrected chi connectivity index (χ2v) is 9.89. The lowest BCUT2D eigenvalue weighted by Gasteiger charge is -2.39. The van der Waals surface area contributed by atoms with Crippen LogP contribution in [0.5, 0.6) is 17.2 Å². The third kappa shape index (κ3) is 8.11. The van der Waals surface area contributed by atoms with Crippen molar-refractivity contribution in [2.45, 2.75) is 51.3 Å². The molecule has 0 unspecified atom stereocenters. The van der Waals surface area contributed by atoms with E-state index in [9.17, 15) is 19.2 Å². The minimum atomic E-state index is -0.483. The first-order valence-corrected chi connectivity index (χ1v) is 13.4. The Labute approximate surface area is 233 Å². The highest BCUT2D eigenvalue weighted by molar-refractivity contribution is 5.80. The van der Waals surface area contributed by atoms with Gasteiger partial charge in [-0.3, -0.25) is 19.2 Å². The molecule has 40 heavy (non-hydrogen) atoms. The van der Waals surface area contributed by atoms with Gasteiger partial charge in [-0.25, -0.2) is 0 Å². The Morgan fingerprint density at radius 1 is 1.07 bits per heavy atom. The van der Waals surface area contributed by atoms with Crippen LogP contribution in [0.2, 0.25) is 0 Å². The van der Waals surface area contributed by atoms with Crippen LogP contribution in [0.4, 0.5) is 0 Å². The van der Waals surface area contributed by atoms with E-state index < -0.39 is 6.04 Å². The Morgan fingerprint density at radius 3 is 2.60 bits per heavy atom. The van der Waals surface area contributed by atoms with Crippen molar-refractivity contribution in [3.05, 3.63) is 53.6 Å². The molecule has 0 aliphatic carbocycles. The molecule has 11 heteroatoms. The fourth-order valence-corrected chi connectivity index (χ4v) is 4.73. The second-order valence-electron chi connectivity index (χ2n) is 9.89. The molecule has 4 bridgehead atoms. The zero-order chi connectivity index (χ0) is 28.5. The summed E-state index contributed by atoms with van der Waals surface area (Å²) in [6, 6.07) is 12.3. The maximum absolute atomic E-state index is 13.0. The predicted molar refractivity (Wildman–Crippen MR) is 146 cm³/mol. The Balaban J connectivity index is 1.52. The molecule has 11 nitrogen and oxygen atoms in total. The van der Waals surface area contributed by atoms with Crippen molar-refractivity contribution < 1.29 is 33.4 Å². The van der Waals surface area contributed by atoms with Crippen molar-refractivity contribution in [2.75, 3.05) is 33.4 Å². The predicted octanol–water partition coefficient (Wildman–Crippen LogP) is 1.33. The quantitative estimate of drug-likeness (QED) is 0.521. The minimum Gasteiger partial charge on any atom is -0.493 e. The maximum atomic E-state index is 13.0. The average Bonchev–Trinajstić information content (AvgIpc) is 2.94. The van der Waals surface area contributed by atoms with E-state index in [4.69, 9.17) is 14.2 Å². The third-order valence-electron chi connectivity index (χ3n) is 6.89. The number of benzene rings is 2. The number of carbonyl (C=O) groups excluding carboxylic acids is 4. The SMILES string of the molecule is COc1cc2ccc1OCC(=O)N[C@@H]1CN(C(=O)CCNC(C)=O)CC[C@H]1Oc1ccc(cc1)CNC(=O)CC2. The van der Waals surface area contributed by atoms with E-state index in [0.29, 0.717) is 49.6 Å². The molecule has 7 rings (SSSR count). The lowest BCUT2D eigenvalue weighted by molar-refractivity contribution is -0.135. The molecular weight excluding hydrogens is 516 g/mol. The van der Waals surface area contributed by atoms with Crippen molar-refractivity contribution in [1.29, 1.82) is 0 Å². The van der Waals surface area contributed by atoms with Crippen LogP contribution < -0.4 is 30.2 Å². The number of methoxy groups -OCH3 is 1. The first-order chi connectivity index (χ1) is 19.3. The summed E-state index contributed by atoms with van der Waals surface area (Å²) in [6.07, 6.45) is 1.14. The standard InChI is InChI=1S/C29H36N4O7/c1-19(34)30-13-11-29(37)33-14-12-24-23(17-33)32-28(36)18-39-25-9-5-20(15-26(25)38-2)6-10-27(35)31-16-21-3-7-22(40-24)8-4-21/h3-5,7-9,15,23-24H,6,10-14,16-18H2,1-2H3,(H,30,34)(H,31,35)(H,32,36)/t23-,24-/m1/s1. The summed E-state index contributed by atoms with van der Waals surface area (Å²) < 4.78 is 17.5. The molecule has 0 saturated carbocycles. The van der Waals surface area contributed by atoms with Gasteiger partial charge in [-0.1, -0.05) is 18.2 Å². The maximum Gasteiger partial charge on any atom is 0.258 e. The van der Waals surface area contributed by atoms with Crippen LogP contribution in [0.1, 0.15) is 37.3 Å². The van der Waals surface area contributed by atoms with E-state index in [1.807, 2.05) is 30.3 Å². The summed E-state index contributed by atoms with van der Waals surface area (Å²) >= 11 is 0. The summed E-state index contributed by atoms with van der Waals surface area (Å²) in [5, 5.41) is 8.57. The van der Waals surface area contributed by atoms with Crippen LogP contribution in [0.15, 0.2) is 42.5 Å². The van der Waals surface area contributed by atoms with Gasteiger partial charge in [-0.05, 0) is 41.8 Å². The van der Waals surface area contributed by atoms with Gasteiger partial charge >= 0.3 is 0 Å². The van der Waals surface area contributed by atoms with Gasteiger partial charge in [0.1, 0.15) is 11.9 Å². The number of amides is 4. The number of carbonyl (C=O) groups is 4. The fourth-order valence-electron chi connectivity index (χ4n) is 4.73. The van der Waals surface area contributed by atoms with Gasteiger partial charge in [-0.15, -0.1) is 0 Å². The summed E-state index contributed by atoms with van der Waals surface area (Å²) in [5.41, 5.74) is 1.84. The highest BCUT2D eigenvalue weighted by Gasteiger charge is 2.34. The lowest BCUT2D eigenvalue weighted by atomic mass is 10.0. The van der Waals surface area contributed by atoms with Crippen LogP contribution in [0, 0.1) is 0 Å². The summed E-state index contributed by atoms with van der Waals surface area (Å²) in [6.45, 7) is 2.52. The van der Waals surface area contributed by atoms with Crippen molar-refractivity contribution in [1.82, 2.24) is 20.9 Å². The highest BCUT2D eigenvalue weighted by Crippen LogP contribution is 2.29. The van der Waals surface area contributed by atoms with Gasteiger partial charge in [0.25, 0.3) is 5.91 Å². The van der Waals surface area contributed by atoms with Crippen LogP contribution in [0.3, 0.4) is 0 Å². The van der Waals surface area contributed by atoms with Gasteiger partial charge < -0.3 is 35.1 Å². The normalized spacial score (nSPS) is 19.8. The zero-order valence-electron chi connectivity index (χ0n) is 22.9. The Hall–Kier alpha value is -4.28. The first-order valence-electron chi connectivity index (χ1n) is 13.4. The van der Waals surface area contributed by atoms with Gasteiger partial charge in [-0.2, -0.15) is 0 Å². The summed E-state index contributed by atoms with van der Waals surface area (Å²) in [4.78, 5) is 51.0. The number of hydrogen-bond donors (Lipinski definition) is 3. The molecule has 0 spiro atoms. The smallest absolute Gasteiger partial charge is 0.258 e. The monoisotopic (exact) mass is 552 g/mol. The van der Waals surface area contributed by atoms with Crippen LogP contribution >= 0.6 is 0 Å². The zero-order valence-corrected chi connectivity index (χ0v) is 22.9. The molecule has 5 aliphatic heterocycles. The molecule has 2 aromatic carbocycles. The van der Waals surface area contributed by atoms with Crippen LogP contribution in [-0.2, 0) is 32.1 Å². The molecule has 0 aromatic heterocycles. The van der Waals surface area contributed by atoms with Crippen molar-refractivity contribution in [2.24, 2.45) is 0 Å². The molecule has 5 heterocycles. The Bertz CT molecular complexity index is 1220.